The molecule has 11 rings (SSSR count). The molecule has 6 heteroatoms. The van der Waals surface area contributed by atoms with Gasteiger partial charge >= 0.3 is 0 Å². The van der Waals surface area contributed by atoms with Crippen molar-refractivity contribution in [2.45, 2.75) is 11.8 Å². The molecular formula is C36H18N4O2. The molecule has 194 valence electrons. The van der Waals surface area contributed by atoms with E-state index in [2.05, 4.69) is 36.4 Å². The zero-order valence-corrected chi connectivity index (χ0v) is 22.0. The van der Waals surface area contributed by atoms with Crippen LogP contribution in [0.2, 0.25) is 0 Å². The summed E-state index contributed by atoms with van der Waals surface area (Å²) in [5, 5.41) is 4.40. The summed E-state index contributed by atoms with van der Waals surface area (Å²) in [6.45, 7) is 0. The van der Waals surface area contributed by atoms with Crippen LogP contribution in [0.4, 0.5) is 0 Å². The molecule has 0 saturated carbocycles. The monoisotopic (exact) mass is 538 g/mol. The van der Waals surface area contributed by atoms with Crippen LogP contribution in [0.3, 0.4) is 0 Å². The maximum absolute atomic E-state index is 14.0. The van der Waals surface area contributed by atoms with E-state index in [1.54, 1.807) is 9.13 Å². The van der Waals surface area contributed by atoms with Crippen LogP contribution in [0.1, 0.15) is 55.1 Å². The summed E-state index contributed by atoms with van der Waals surface area (Å²) >= 11 is 0. The van der Waals surface area contributed by atoms with Gasteiger partial charge in [-0.2, -0.15) is 0 Å². The first kappa shape index (κ1) is 21.2. The van der Waals surface area contributed by atoms with E-state index >= 15 is 0 Å². The van der Waals surface area contributed by atoms with Crippen LogP contribution < -0.4 is 0 Å². The van der Waals surface area contributed by atoms with Gasteiger partial charge in [-0.1, -0.05) is 66.8 Å². The van der Waals surface area contributed by atoms with E-state index in [9.17, 15) is 9.59 Å². The number of para-hydroxylation sites is 4. The molecule has 7 aromatic rings. The molecule has 0 bridgehead atoms. The molecule has 6 nitrogen and oxygen atoms in total. The lowest BCUT2D eigenvalue weighted by atomic mass is 9.73. The minimum Gasteiger partial charge on any atom is -0.273 e. The first-order valence-electron chi connectivity index (χ1n) is 14.2. The Hall–Kier alpha value is -5.62. The van der Waals surface area contributed by atoms with E-state index in [1.807, 2.05) is 60.7 Å². The number of nitrogens with zero attached hydrogens (tertiary/aromatic N) is 4. The van der Waals surface area contributed by atoms with E-state index in [0.29, 0.717) is 5.82 Å². The molecular weight excluding hydrogens is 520 g/mol. The van der Waals surface area contributed by atoms with Crippen LogP contribution in [-0.2, 0) is 0 Å². The van der Waals surface area contributed by atoms with Crippen molar-refractivity contribution in [2.24, 2.45) is 0 Å². The van der Waals surface area contributed by atoms with Crippen molar-refractivity contribution in [1.82, 2.24) is 19.1 Å². The molecule has 4 heterocycles. The molecule has 2 unspecified atom stereocenters. The van der Waals surface area contributed by atoms with Crippen LogP contribution in [-0.4, -0.2) is 30.9 Å². The molecule has 0 N–H and O–H groups in total. The normalized spacial score (nSPS) is 18.9. The molecule has 2 aliphatic carbocycles. The predicted octanol–water partition coefficient (Wildman–Crippen LogP) is 7.28. The Morgan fingerprint density at radius 2 is 1.19 bits per heavy atom. The topological polar surface area (TPSA) is 69.8 Å². The molecule has 4 aliphatic rings. The summed E-state index contributed by atoms with van der Waals surface area (Å²) in [7, 11) is 0. The average Bonchev–Trinajstić information content (AvgIpc) is 3.61. The number of carbonyl (C=O) groups is 2. The van der Waals surface area contributed by atoms with Gasteiger partial charge in [0.2, 0.25) is 5.91 Å². The molecule has 2 aromatic heterocycles. The molecule has 2 atom stereocenters. The highest BCUT2D eigenvalue weighted by Crippen LogP contribution is 2.52. The lowest BCUT2D eigenvalue weighted by Crippen LogP contribution is -2.27. The Morgan fingerprint density at radius 3 is 1.93 bits per heavy atom. The molecule has 0 fully saturated rings. The van der Waals surface area contributed by atoms with Gasteiger partial charge < -0.3 is 0 Å². The van der Waals surface area contributed by atoms with Gasteiger partial charge in [-0.05, 0) is 74.1 Å². The van der Waals surface area contributed by atoms with Crippen molar-refractivity contribution in [1.29, 1.82) is 0 Å². The van der Waals surface area contributed by atoms with Gasteiger partial charge in [-0.15, -0.1) is 0 Å². The van der Waals surface area contributed by atoms with Gasteiger partial charge in [0, 0.05) is 11.1 Å². The number of hydrogen-bond donors (Lipinski definition) is 0. The summed E-state index contributed by atoms with van der Waals surface area (Å²) in [5.41, 5.74) is 9.30. The van der Waals surface area contributed by atoms with Gasteiger partial charge in [0.05, 0.1) is 33.9 Å². The van der Waals surface area contributed by atoms with Crippen LogP contribution >= 0.6 is 0 Å². The molecule has 0 amide bonds. The molecule has 0 spiro atoms. The first-order valence-corrected chi connectivity index (χ1v) is 14.2. The van der Waals surface area contributed by atoms with Crippen LogP contribution in [0.15, 0.2) is 84.9 Å². The van der Waals surface area contributed by atoms with E-state index in [1.165, 1.54) is 0 Å². The minimum absolute atomic E-state index is 0.0277. The second-order valence-electron chi connectivity index (χ2n) is 11.6. The zero-order chi connectivity index (χ0) is 27.4. The largest absolute Gasteiger partial charge is 0.273 e. The summed E-state index contributed by atoms with van der Waals surface area (Å²) in [6, 6.07) is 24.0. The van der Waals surface area contributed by atoms with Crippen molar-refractivity contribution in [2.75, 3.05) is 0 Å². The molecule has 0 radical (unpaired) electrons. The fraction of sp³-hybridized carbons (Fsp3) is 0.0556. The number of fused-ring (bicyclic) bond motifs is 10. The van der Waals surface area contributed by atoms with Crippen molar-refractivity contribution in [3.8, 4) is 11.4 Å². The lowest BCUT2D eigenvalue weighted by Gasteiger charge is -2.33. The summed E-state index contributed by atoms with van der Waals surface area (Å²) in [5.74, 6) is 0.959. The second kappa shape index (κ2) is 6.81. The molecule has 2 aliphatic heterocycles. The molecule has 0 saturated heterocycles. The van der Waals surface area contributed by atoms with Crippen LogP contribution in [0, 0.1) is 0 Å². The molecule has 42 heavy (non-hydrogen) atoms. The smallest absolute Gasteiger partial charge is 0.264 e. The fourth-order valence-electron chi connectivity index (χ4n) is 8.07. The quantitative estimate of drug-likeness (QED) is 0.190. The zero-order valence-electron chi connectivity index (χ0n) is 22.0. The van der Waals surface area contributed by atoms with Crippen molar-refractivity contribution >= 4 is 67.6 Å². The third-order valence-electron chi connectivity index (χ3n) is 9.73. The fourth-order valence-corrected chi connectivity index (χ4v) is 8.07. The second-order valence-corrected chi connectivity index (χ2v) is 11.6. The Balaban J connectivity index is 1.26. The number of hydrogen-bond acceptors (Lipinski definition) is 4. The molecule has 5 aromatic carbocycles. The Kier molecular flexibility index (Phi) is 3.43. The van der Waals surface area contributed by atoms with Gasteiger partial charge in [-0.3, -0.25) is 18.7 Å². The standard InChI is InChI=1S/C36H18N4O2/c41-35-23-15-11-19-20-12-16-24-32-22(34-38-26-6-2-4-8-28(26)40(34)36(24)42)14-10-18(30(20)32)17-9-13-21(31(23)29(17)19)33-37-25-5-1-3-7-27(25)39(33)35/h1-16,21,24H. The number of rotatable bonds is 0. The summed E-state index contributed by atoms with van der Waals surface area (Å²) in [4.78, 5) is 37.9. The van der Waals surface area contributed by atoms with Crippen LogP contribution in [0.25, 0.3) is 67.2 Å². The van der Waals surface area contributed by atoms with E-state index in [0.717, 1.165) is 82.8 Å². The van der Waals surface area contributed by atoms with E-state index < -0.39 is 0 Å². The Bertz CT molecular complexity index is 2580. The van der Waals surface area contributed by atoms with Gasteiger partial charge in [-0.25, -0.2) is 9.97 Å². The number of aromatic nitrogens is 4. The van der Waals surface area contributed by atoms with Crippen LogP contribution in [0.5, 0.6) is 0 Å². The average molecular weight is 539 g/mol. The Labute approximate surface area is 237 Å². The SMILES string of the molecule is O=C1C2C=Cc3c4ccc5c6c4c(c4ccc(c2c34)-c2nc3ccccc3n21)C=CC6c1nc2ccccc2n1C5=O. The van der Waals surface area contributed by atoms with Gasteiger partial charge in [0.25, 0.3) is 5.91 Å². The highest BCUT2D eigenvalue weighted by atomic mass is 16.2. The maximum atomic E-state index is 14.0. The number of benzene rings is 5. The summed E-state index contributed by atoms with van der Waals surface area (Å²) in [6.07, 6.45) is 8.54. The van der Waals surface area contributed by atoms with Crippen molar-refractivity contribution < 1.29 is 9.59 Å². The van der Waals surface area contributed by atoms with E-state index in [-0.39, 0.29) is 23.7 Å². The number of imidazole rings is 2. The van der Waals surface area contributed by atoms with E-state index in [4.69, 9.17) is 9.97 Å². The summed E-state index contributed by atoms with van der Waals surface area (Å²) < 4.78 is 3.57. The third-order valence-corrected chi connectivity index (χ3v) is 9.73. The first-order chi connectivity index (χ1) is 20.7. The lowest BCUT2D eigenvalue weighted by molar-refractivity contribution is 0.0898. The number of carbonyl (C=O) groups excluding carboxylic acids is 2. The predicted molar refractivity (Wildman–Crippen MR) is 163 cm³/mol. The minimum atomic E-state index is -0.384. The number of allylic oxidation sites excluding steroid dienone is 2. The maximum Gasteiger partial charge on any atom is 0.264 e. The highest BCUT2D eigenvalue weighted by molar-refractivity contribution is 6.22. The van der Waals surface area contributed by atoms with Gasteiger partial charge in [0.15, 0.2) is 0 Å². The Morgan fingerprint density at radius 1 is 0.595 bits per heavy atom. The van der Waals surface area contributed by atoms with Gasteiger partial charge in [0.1, 0.15) is 11.6 Å². The van der Waals surface area contributed by atoms with Crippen molar-refractivity contribution in [3.05, 3.63) is 119 Å². The van der Waals surface area contributed by atoms with Crippen molar-refractivity contribution in [3.63, 3.8) is 0 Å². The highest BCUT2D eigenvalue weighted by Gasteiger charge is 2.40. The third kappa shape index (κ3) is 2.19.